The van der Waals surface area contributed by atoms with E-state index in [4.69, 9.17) is 0 Å². The third-order valence-corrected chi connectivity index (χ3v) is 4.27. The average molecular weight is 366 g/mol. The largest absolute Gasteiger partial charge is 0.311 e. The summed E-state index contributed by atoms with van der Waals surface area (Å²) < 4.78 is 1.10. The zero-order chi connectivity index (χ0) is 15.1. The van der Waals surface area contributed by atoms with Gasteiger partial charge in [-0.3, -0.25) is 0 Å². The predicted molar refractivity (Wildman–Crippen MR) is 92.3 cm³/mol. The van der Waals surface area contributed by atoms with E-state index in [-0.39, 0.29) is 0 Å². The van der Waals surface area contributed by atoms with Gasteiger partial charge in [0.1, 0.15) is 5.82 Å². The Morgan fingerprint density at radius 1 is 1.29 bits per heavy atom. The van der Waals surface area contributed by atoms with Crippen LogP contribution >= 0.6 is 27.7 Å². The van der Waals surface area contributed by atoms with Crippen LogP contribution in [0.5, 0.6) is 0 Å². The van der Waals surface area contributed by atoms with Gasteiger partial charge in [-0.2, -0.15) is 0 Å². The highest BCUT2D eigenvalue weighted by atomic mass is 79.9. The molecule has 21 heavy (non-hydrogen) atoms. The van der Waals surface area contributed by atoms with Crippen molar-refractivity contribution in [1.82, 2.24) is 15.3 Å². The molecule has 2 rings (SSSR count). The van der Waals surface area contributed by atoms with Crippen molar-refractivity contribution in [3.05, 3.63) is 52.5 Å². The van der Waals surface area contributed by atoms with E-state index in [0.717, 1.165) is 34.8 Å². The minimum atomic E-state index is 0.651. The number of rotatable bonds is 7. The van der Waals surface area contributed by atoms with Gasteiger partial charge in [-0.1, -0.05) is 35.8 Å². The first-order chi connectivity index (χ1) is 10.1. The van der Waals surface area contributed by atoms with E-state index in [1.165, 1.54) is 4.90 Å². The number of thioether (sulfide) groups is 1. The molecule has 0 unspecified atom stereocenters. The molecule has 0 fully saturated rings. The Balaban J connectivity index is 1.88. The molecule has 0 atom stereocenters. The summed E-state index contributed by atoms with van der Waals surface area (Å²) in [6.45, 7) is 6.21. The Labute approximate surface area is 139 Å². The molecule has 0 aliphatic rings. The third kappa shape index (κ3) is 6.16. The molecule has 1 heterocycles. The maximum Gasteiger partial charge on any atom is 0.138 e. The second kappa shape index (κ2) is 8.51. The zero-order valence-corrected chi connectivity index (χ0v) is 14.7. The minimum absolute atomic E-state index is 0.651. The summed E-state index contributed by atoms with van der Waals surface area (Å²) in [5, 5.41) is 3.41. The quantitative estimate of drug-likeness (QED) is 0.743. The van der Waals surface area contributed by atoms with Crippen molar-refractivity contribution < 1.29 is 0 Å². The summed E-state index contributed by atoms with van der Waals surface area (Å²) in [6, 6.07) is 10.3. The normalized spacial score (nSPS) is 11.0. The lowest BCUT2D eigenvalue weighted by Gasteiger charge is -2.08. The van der Waals surface area contributed by atoms with Crippen LogP contribution in [0.4, 0.5) is 0 Å². The lowest BCUT2D eigenvalue weighted by molar-refractivity contribution is 0.547. The number of hydrogen-bond donors (Lipinski definition) is 1. The molecule has 0 aliphatic carbocycles. The summed E-state index contributed by atoms with van der Waals surface area (Å²) in [5.74, 6) is 2.32. The van der Waals surface area contributed by atoms with Crippen molar-refractivity contribution in [3.63, 3.8) is 0 Å². The highest BCUT2D eigenvalue weighted by Crippen LogP contribution is 2.24. The Morgan fingerprint density at radius 2 is 2.14 bits per heavy atom. The van der Waals surface area contributed by atoms with Crippen molar-refractivity contribution in [3.8, 4) is 0 Å². The smallest absolute Gasteiger partial charge is 0.138 e. The number of nitrogens with zero attached hydrogens (tertiary/aromatic N) is 2. The fraction of sp³-hybridized carbons (Fsp3) is 0.375. The Kier molecular flexibility index (Phi) is 6.67. The molecule has 0 bridgehead atoms. The van der Waals surface area contributed by atoms with Gasteiger partial charge in [-0.15, -0.1) is 11.8 Å². The summed E-state index contributed by atoms with van der Waals surface area (Å²) in [5.41, 5.74) is 1.05. The van der Waals surface area contributed by atoms with Gasteiger partial charge in [0.05, 0.1) is 11.4 Å². The number of aromatic nitrogens is 2. The molecule has 5 heteroatoms. The number of benzene rings is 1. The van der Waals surface area contributed by atoms with Gasteiger partial charge in [-0.05, 0) is 36.7 Å². The van der Waals surface area contributed by atoms with Crippen molar-refractivity contribution in [2.45, 2.75) is 31.0 Å². The lowest BCUT2D eigenvalue weighted by atomic mass is 10.2. The lowest BCUT2D eigenvalue weighted by Crippen LogP contribution is -2.19. The van der Waals surface area contributed by atoms with Crippen LogP contribution in [0.2, 0.25) is 0 Å². The summed E-state index contributed by atoms with van der Waals surface area (Å²) in [4.78, 5) is 10.2. The minimum Gasteiger partial charge on any atom is -0.311 e. The molecule has 1 aromatic carbocycles. The Morgan fingerprint density at radius 3 is 2.90 bits per heavy atom. The van der Waals surface area contributed by atoms with E-state index < -0.39 is 0 Å². The van der Waals surface area contributed by atoms with Gasteiger partial charge in [-0.25, -0.2) is 9.97 Å². The van der Waals surface area contributed by atoms with Crippen LogP contribution in [0.15, 0.2) is 45.9 Å². The maximum atomic E-state index is 4.60. The van der Waals surface area contributed by atoms with Crippen molar-refractivity contribution in [2.75, 3.05) is 6.54 Å². The first-order valence-corrected chi connectivity index (χ1v) is 8.81. The van der Waals surface area contributed by atoms with Gasteiger partial charge in [0.25, 0.3) is 0 Å². The van der Waals surface area contributed by atoms with Crippen LogP contribution in [-0.2, 0) is 12.3 Å². The first-order valence-electron chi connectivity index (χ1n) is 7.03. The van der Waals surface area contributed by atoms with Gasteiger partial charge >= 0.3 is 0 Å². The van der Waals surface area contributed by atoms with Crippen molar-refractivity contribution in [1.29, 1.82) is 0 Å². The Hall–Kier alpha value is -0.910. The molecule has 0 saturated carbocycles. The molecule has 112 valence electrons. The van der Waals surface area contributed by atoms with E-state index in [1.54, 1.807) is 11.8 Å². The van der Waals surface area contributed by atoms with Crippen LogP contribution < -0.4 is 5.32 Å². The van der Waals surface area contributed by atoms with E-state index in [0.29, 0.717) is 5.92 Å². The molecule has 1 N–H and O–H groups in total. The molecule has 2 aromatic rings. The third-order valence-electron chi connectivity index (χ3n) is 2.79. The fourth-order valence-corrected chi connectivity index (χ4v) is 3.17. The van der Waals surface area contributed by atoms with E-state index >= 15 is 0 Å². The molecular formula is C16H20BrN3S. The zero-order valence-electron chi connectivity index (χ0n) is 12.3. The summed E-state index contributed by atoms with van der Waals surface area (Å²) in [7, 11) is 0. The van der Waals surface area contributed by atoms with E-state index in [9.17, 15) is 0 Å². The van der Waals surface area contributed by atoms with Crippen molar-refractivity contribution >= 4 is 27.7 Å². The highest BCUT2D eigenvalue weighted by Gasteiger charge is 2.02. The van der Waals surface area contributed by atoms with Crippen LogP contribution in [0, 0.1) is 5.92 Å². The topological polar surface area (TPSA) is 37.8 Å². The molecule has 1 aromatic heterocycles. The number of nitrogens with one attached hydrogen (secondary N) is 1. The molecule has 0 spiro atoms. The molecule has 0 amide bonds. The summed E-state index contributed by atoms with van der Waals surface area (Å²) >= 11 is 5.24. The summed E-state index contributed by atoms with van der Waals surface area (Å²) in [6.07, 6.45) is 1.84. The van der Waals surface area contributed by atoms with Gasteiger partial charge in [0.2, 0.25) is 0 Å². The standard InChI is InChI=1S/C16H20BrN3S/c1-12(2)9-18-10-14-6-7-19-16(20-14)11-21-15-5-3-4-13(17)8-15/h3-8,12,18H,9-11H2,1-2H3. The monoisotopic (exact) mass is 365 g/mol. The maximum absolute atomic E-state index is 4.60. The average Bonchev–Trinajstić information content (AvgIpc) is 2.45. The molecule has 0 aliphatic heterocycles. The fourth-order valence-electron chi connectivity index (χ4n) is 1.80. The van der Waals surface area contributed by atoms with Gasteiger partial charge in [0, 0.05) is 22.1 Å². The molecular weight excluding hydrogens is 346 g/mol. The van der Waals surface area contributed by atoms with Crippen LogP contribution in [0.25, 0.3) is 0 Å². The molecule has 0 saturated heterocycles. The second-order valence-corrected chi connectivity index (χ2v) is 7.20. The van der Waals surface area contributed by atoms with Crippen LogP contribution in [0.1, 0.15) is 25.4 Å². The van der Waals surface area contributed by atoms with Crippen molar-refractivity contribution in [2.24, 2.45) is 5.92 Å². The Bertz CT molecular complexity index is 575. The van der Waals surface area contributed by atoms with Crippen LogP contribution in [0.3, 0.4) is 0 Å². The molecule has 0 radical (unpaired) electrons. The molecule has 3 nitrogen and oxygen atoms in total. The van der Waals surface area contributed by atoms with Gasteiger partial charge in [0.15, 0.2) is 0 Å². The van der Waals surface area contributed by atoms with Crippen LogP contribution in [-0.4, -0.2) is 16.5 Å². The predicted octanol–water partition coefficient (Wildman–Crippen LogP) is 4.28. The van der Waals surface area contributed by atoms with E-state index in [1.807, 2.05) is 24.4 Å². The second-order valence-electron chi connectivity index (χ2n) is 5.24. The number of hydrogen-bond acceptors (Lipinski definition) is 4. The van der Waals surface area contributed by atoms with E-state index in [2.05, 4.69) is 57.2 Å². The highest BCUT2D eigenvalue weighted by molar-refractivity contribution is 9.10. The van der Waals surface area contributed by atoms with Gasteiger partial charge < -0.3 is 5.32 Å². The first kappa shape index (κ1) is 16.5. The SMILES string of the molecule is CC(C)CNCc1ccnc(CSc2cccc(Br)c2)n1. The number of halogens is 1.